The molecule has 0 aliphatic rings. The maximum absolute atomic E-state index is 10.7. The Morgan fingerprint density at radius 3 is 2.95 bits per heavy atom. The minimum atomic E-state index is -1.05. The first kappa shape index (κ1) is 12.0. The number of pyridine rings is 1. The third kappa shape index (κ3) is 2.36. The number of carboxylic acid groups (broad SMARTS) is 1. The number of fused-ring (bicyclic) bond motifs is 1. The largest absolute Gasteiger partial charge is 0.477 e. The number of anilines is 1. The lowest BCUT2D eigenvalue weighted by Crippen LogP contribution is -2.06. The maximum Gasteiger partial charge on any atom is 0.354 e. The quantitative estimate of drug-likeness (QED) is 0.692. The van der Waals surface area contributed by atoms with Gasteiger partial charge in [0.2, 0.25) is 0 Å². The van der Waals surface area contributed by atoms with Crippen molar-refractivity contribution >= 4 is 17.4 Å². The highest BCUT2D eigenvalue weighted by molar-refractivity contribution is 5.85. The number of aromatic nitrogens is 6. The Labute approximate surface area is 112 Å². The van der Waals surface area contributed by atoms with Gasteiger partial charge in [-0.1, -0.05) is 6.07 Å². The molecule has 0 unspecified atom stereocenters. The summed E-state index contributed by atoms with van der Waals surface area (Å²) < 4.78 is 1.31. The Bertz CT molecular complexity index is 753. The normalized spacial score (nSPS) is 10.6. The van der Waals surface area contributed by atoms with E-state index in [1.54, 1.807) is 18.2 Å². The van der Waals surface area contributed by atoms with Gasteiger partial charge in [0.25, 0.3) is 0 Å². The molecule has 3 aromatic rings. The van der Waals surface area contributed by atoms with Crippen LogP contribution in [0.5, 0.6) is 0 Å². The molecule has 0 spiro atoms. The third-order valence-corrected chi connectivity index (χ3v) is 2.59. The van der Waals surface area contributed by atoms with Crippen molar-refractivity contribution in [1.29, 1.82) is 0 Å². The molecule has 0 amide bonds. The van der Waals surface area contributed by atoms with Crippen molar-refractivity contribution < 1.29 is 9.90 Å². The first-order valence-electron chi connectivity index (χ1n) is 5.70. The Balaban J connectivity index is 1.70. The van der Waals surface area contributed by atoms with Crippen LogP contribution in [0.2, 0.25) is 0 Å². The van der Waals surface area contributed by atoms with Crippen molar-refractivity contribution in [3.63, 3.8) is 0 Å². The molecule has 2 N–H and O–H groups in total. The molecule has 3 heterocycles. The average Bonchev–Trinajstić information content (AvgIpc) is 2.93. The van der Waals surface area contributed by atoms with E-state index in [-0.39, 0.29) is 5.69 Å². The Morgan fingerprint density at radius 2 is 2.20 bits per heavy atom. The van der Waals surface area contributed by atoms with E-state index in [1.165, 1.54) is 16.9 Å². The zero-order valence-electron chi connectivity index (χ0n) is 10.1. The molecule has 3 rings (SSSR count). The third-order valence-electron chi connectivity index (χ3n) is 2.59. The zero-order valence-corrected chi connectivity index (χ0v) is 10.1. The lowest BCUT2D eigenvalue weighted by Gasteiger charge is -2.05. The van der Waals surface area contributed by atoms with Crippen LogP contribution < -0.4 is 5.32 Å². The van der Waals surface area contributed by atoms with Crippen LogP contribution in [0.25, 0.3) is 5.65 Å². The van der Waals surface area contributed by atoms with Crippen molar-refractivity contribution in [2.24, 2.45) is 0 Å². The van der Waals surface area contributed by atoms with Gasteiger partial charge in [0.15, 0.2) is 5.65 Å². The van der Waals surface area contributed by atoms with Crippen molar-refractivity contribution in [3.8, 4) is 0 Å². The number of aromatic carboxylic acids is 1. The summed E-state index contributed by atoms with van der Waals surface area (Å²) in [6.07, 6.45) is 1.51. The summed E-state index contributed by atoms with van der Waals surface area (Å²) in [6.45, 7) is 0.466. The summed E-state index contributed by atoms with van der Waals surface area (Å²) in [5.41, 5.74) is 1.42. The molecular formula is C11H9N7O2. The van der Waals surface area contributed by atoms with E-state index in [1.807, 2.05) is 0 Å². The number of carbonyl (C=O) groups is 1. The molecule has 0 radical (unpaired) electrons. The molecule has 100 valence electrons. The van der Waals surface area contributed by atoms with Crippen molar-refractivity contribution in [1.82, 2.24) is 30.2 Å². The van der Waals surface area contributed by atoms with Crippen LogP contribution >= 0.6 is 0 Å². The van der Waals surface area contributed by atoms with E-state index in [0.717, 1.165) is 5.56 Å². The van der Waals surface area contributed by atoms with Gasteiger partial charge in [-0.15, -0.1) is 14.8 Å². The minimum absolute atomic E-state index is 0.0157. The molecule has 9 nitrogen and oxygen atoms in total. The molecule has 0 atom stereocenters. The summed E-state index contributed by atoms with van der Waals surface area (Å²) in [7, 11) is 0. The van der Waals surface area contributed by atoms with Crippen LogP contribution in [0.4, 0.5) is 5.82 Å². The number of nitrogens with one attached hydrogen (secondary N) is 1. The zero-order chi connectivity index (χ0) is 13.9. The van der Waals surface area contributed by atoms with Gasteiger partial charge in [-0.3, -0.25) is 0 Å². The van der Waals surface area contributed by atoms with E-state index in [2.05, 4.69) is 30.9 Å². The number of carboxylic acids is 1. The van der Waals surface area contributed by atoms with Crippen molar-refractivity contribution in [2.45, 2.75) is 6.54 Å². The molecular weight excluding hydrogens is 262 g/mol. The van der Waals surface area contributed by atoms with Crippen LogP contribution in [0.15, 0.2) is 30.5 Å². The number of nitrogens with zero attached hydrogens (tertiary/aromatic N) is 6. The maximum atomic E-state index is 10.7. The topological polar surface area (TPSA) is 118 Å². The predicted octanol–water partition coefficient (Wildman–Crippen LogP) is 0.225. The highest BCUT2D eigenvalue weighted by Gasteiger charge is 2.04. The van der Waals surface area contributed by atoms with Crippen LogP contribution in [-0.2, 0) is 6.54 Å². The number of rotatable bonds is 4. The highest BCUT2D eigenvalue weighted by atomic mass is 16.4. The van der Waals surface area contributed by atoms with Crippen molar-refractivity contribution in [2.75, 3.05) is 5.32 Å². The molecule has 0 aliphatic heterocycles. The monoisotopic (exact) mass is 271 g/mol. The molecule has 0 bridgehead atoms. The van der Waals surface area contributed by atoms with Gasteiger partial charge in [0, 0.05) is 12.7 Å². The first-order chi connectivity index (χ1) is 9.72. The van der Waals surface area contributed by atoms with Gasteiger partial charge in [-0.2, -0.15) is 0 Å². The molecule has 20 heavy (non-hydrogen) atoms. The Morgan fingerprint density at radius 1 is 1.30 bits per heavy atom. The first-order valence-corrected chi connectivity index (χ1v) is 5.70. The Kier molecular flexibility index (Phi) is 2.92. The molecule has 3 aromatic heterocycles. The van der Waals surface area contributed by atoms with E-state index in [0.29, 0.717) is 18.0 Å². The van der Waals surface area contributed by atoms with E-state index in [9.17, 15) is 4.79 Å². The second-order valence-corrected chi connectivity index (χ2v) is 3.96. The fraction of sp³-hybridized carbons (Fsp3) is 0.0909. The van der Waals surface area contributed by atoms with Crippen LogP contribution in [-0.4, -0.2) is 41.3 Å². The smallest absolute Gasteiger partial charge is 0.354 e. The van der Waals surface area contributed by atoms with Gasteiger partial charge in [0.1, 0.15) is 11.5 Å². The van der Waals surface area contributed by atoms with Crippen LogP contribution in [0.3, 0.4) is 0 Å². The SMILES string of the molecule is O=C(O)c1ccc(CNc2ccc3nnnn3n2)cn1. The van der Waals surface area contributed by atoms with Crippen LogP contribution in [0.1, 0.15) is 16.1 Å². The van der Waals surface area contributed by atoms with Gasteiger partial charge in [-0.25, -0.2) is 9.78 Å². The van der Waals surface area contributed by atoms with Crippen LogP contribution in [0, 0.1) is 0 Å². The summed E-state index contributed by atoms with van der Waals surface area (Å²) >= 11 is 0. The fourth-order valence-corrected chi connectivity index (χ4v) is 1.59. The standard InChI is InChI=1S/C11H9N7O2/c19-11(20)8-2-1-7(5-12-8)6-13-9-3-4-10-14-16-17-18(10)15-9/h1-5H,6H2,(H,13,15)(H,19,20). The molecule has 0 saturated heterocycles. The van der Waals surface area contributed by atoms with E-state index in [4.69, 9.17) is 5.11 Å². The van der Waals surface area contributed by atoms with E-state index < -0.39 is 5.97 Å². The van der Waals surface area contributed by atoms with Gasteiger partial charge < -0.3 is 10.4 Å². The van der Waals surface area contributed by atoms with Gasteiger partial charge >= 0.3 is 5.97 Å². The summed E-state index contributed by atoms with van der Waals surface area (Å²) in [5.74, 6) is -0.442. The fourth-order valence-electron chi connectivity index (χ4n) is 1.59. The minimum Gasteiger partial charge on any atom is -0.477 e. The Hall–Kier alpha value is -3.10. The van der Waals surface area contributed by atoms with Gasteiger partial charge in [-0.05, 0) is 34.2 Å². The van der Waals surface area contributed by atoms with E-state index >= 15 is 0 Å². The number of tetrazole rings is 1. The van der Waals surface area contributed by atoms with Gasteiger partial charge in [0.05, 0.1) is 0 Å². The average molecular weight is 271 g/mol. The summed E-state index contributed by atoms with van der Waals surface area (Å²) in [4.78, 5) is 14.5. The second-order valence-electron chi connectivity index (χ2n) is 3.96. The molecule has 0 fully saturated rings. The number of hydrogen-bond acceptors (Lipinski definition) is 7. The summed E-state index contributed by atoms with van der Waals surface area (Å²) in [5, 5.41) is 26.9. The molecule has 0 aliphatic carbocycles. The summed E-state index contributed by atoms with van der Waals surface area (Å²) in [6, 6.07) is 6.64. The van der Waals surface area contributed by atoms with Crippen molar-refractivity contribution in [3.05, 3.63) is 41.7 Å². The molecule has 9 heteroatoms. The number of hydrogen-bond donors (Lipinski definition) is 2. The predicted molar refractivity (Wildman–Crippen MR) is 67.1 cm³/mol. The highest BCUT2D eigenvalue weighted by Crippen LogP contribution is 2.06. The molecule has 0 saturated carbocycles. The second kappa shape index (κ2) is 4.88. The lowest BCUT2D eigenvalue weighted by atomic mass is 10.2. The molecule has 0 aromatic carbocycles. The lowest BCUT2D eigenvalue weighted by molar-refractivity contribution is 0.0690.